The third-order valence-electron chi connectivity index (χ3n) is 3.08. The molecule has 1 aromatic heterocycles. The smallest absolute Gasteiger partial charge is 0.202 e. The van der Waals surface area contributed by atoms with Gasteiger partial charge in [0.1, 0.15) is 5.82 Å². The molecular weight excluding hydrogens is 222 g/mol. The van der Waals surface area contributed by atoms with Crippen molar-refractivity contribution in [2.75, 3.05) is 11.9 Å². The van der Waals surface area contributed by atoms with Crippen molar-refractivity contribution < 1.29 is 5.11 Å². The largest absolute Gasteiger partial charge is 0.393 e. The van der Waals surface area contributed by atoms with Gasteiger partial charge in [0, 0.05) is 24.5 Å². The molecule has 1 aliphatic rings. The average Bonchev–Trinajstić information content (AvgIpc) is 2.74. The molecule has 2 rings (SSSR count). The van der Waals surface area contributed by atoms with Gasteiger partial charge in [0.2, 0.25) is 5.13 Å². The fraction of sp³-hybridized carbons (Fsp3) is 0.818. The van der Waals surface area contributed by atoms with E-state index in [0.29, 0.717) is 5.92 Å². The van der Waals surface area contributed by atoms with Crippen LogP contribution in [0.1, 0.15) is 38.4 Å². The minimum atomic E-state index is -0.0961. The zero-order valence-corrected chi connectivity index (χ0v) is 10.5. The maximum Gasteiger partial charge on any atom is 0.202 e. The van der Waals surface area contributed by atoms with Crippen LogP contribution in [0.25, 0.3) is 0 Å². The normalized spacial score (nSPS) is 25.6. The highest BCUT2D eigenvalue weighted by Crippen LogP contribution is 2.24. The van der Waals surface area contributed by atoms with Crippen molar-refractivity contribution in [1.82, 2.24) is 9.36 Å². The lowest BCUT2D eigenvalue weighted by Gasteiger charge is -2.25. The molecule has 5 heteroatoms. The lowest BCUT2D eigenvalue weighted by atomic mass is 9.87. The number of aliphatic hydroxyl groups is 1. The summed E-state index contributed by atoms with van der Waals surface area (Å²) in [5, 5.41) is 13.8. The molecule has 0 radical (unpaired) electrons. The van der Waals surface area contributed by atoms with Crippen LogP contribution in [0.15, 0.2) is 0 Å². The summed E-state index contributed by atoms with van der Waals surface area (Å²) in [6, 6.07) is 0. The molecule has 0 saturated heterocycles. The Morgan fingerprint density at radius 2 is 2.38 bits per heavy atom. The van der Waals surface area contributed by atoms with Crippen molar-refractivity contribution in [3.63, 3.8) is 0 Å². The van der Waals surface area contributed by atoms with E-state index >= 15 is 0 Å². The minimum absolute atomic E-state index is 0.0961. The van der Waals surface area contributed by atoms with Gasteiger partial charge < -0.3 is 10.4 Å². The van der Waals surface area contributed by atoms with E-state index in [1.54, 1.807) is 0 Å². The molecule has 1 aliphatic carbocycles. The topological polar surface area (TPSA) is 58.0 Å². The number of aryl methyl sites for hydroxylation is 1. The Kier molecular flexibility index (Phi) is 4.12. The summed E-state index contributed by atoms with van der Waals surface area (Å²) >= 11 is 1.43. The van der Waals surface area contributed by atoms with Crippen LogP contribution in [0.2, 0.25) is 0 Å². The van der Waals surface area contributed by atoms with Gasteiger partial charge in [-0.3, -0.25) is 0 Å². The quantitative estimate of drug-likeness (QED) is 0.847. The first-order valence-electron chi connectivity index (χ1n) is 6.02. The van der Waals surface area contributed by atoms with Crippen molar-refractivity contribution >= 4 is 16.7 Å². The zero-order chi connectivity index (χ0) is 11.4. The maximum absolute atomic E-state index is 9.57. The van der Waals surface area contributed by atoms with Crippen LogP contribution in [0.5, 0.6) is 0 Å². The van der Waals surface area contributed by atoms with Crippen LogP contribution < -0.4 is 5.32 Å². The number of nitrogens with one attached hydrogen (secondary N) is 1. The highest BCUT2D eigenvalue weighted by Gasteiger charge is 2.20. The summed E-state index contributed by atoms with van der Waals surface area (Å²) in [6.07, 6.45) is 5.04. The first-order chi connectivity index (χ1) is 7.78. The van der Waals surface area contributed by atoms with E-state index < -0.39 is 0 Å². The molecule has 0 amide bonds. The summed E-state index contributed by atoms with van der Waals surface area (Å²) in [5.41, 5.74) is 0. The van der Waals surface area contributed by atoms with Gasteiger partial charge in [-0.05, 0) is 25.2 Å². The fourth-order valence-electron chi connectivity index (χ4n) is 2.15. The van der Waals surface area contributed by atoms with Gasteiger partial charge in [-0.2, -0.15) is 4.37 Å². The molecule has 1 aromatic rings. The van der Waals surface area contributed by atoms with Gasteiger partial charge in [0.25, 0.3) is 0 Å². The van der Waals surface area contributed by atoms with E-state index in [4.69, 9.17) is 0 Å². The maximum atomic E-state index is 9.57. The SMILES string of the molecule is CCc1nsc(NCC2CCCC(O)C2)n1. The number of rotatable bonds is 4. The predicted molar refractivity (Wildman–Crippen MR) is 65.7 cm³/mol. The second kappa shape index (κ2) is 5.59. The second-order valence-corrected chi connectivity index (χ2v) is 5.19. The Balaban J connectivity index is 1.78. The van der Waals surface area contributed by atoms with Crippen molar-refractivity contribution in [3.05, 3.63) is 5.82 Å². The van der Waals surface area contributed by atoms with Gasteiger partial charge in [-0.1, -0.05) is 13.3 Å². The van der Waals surface area contributed by atoms with E-state index in [9.17, 15) is 5.11 Å². The number of nitrogens with zero attached hydrogens (tertiary/aromatic N) is 2. The average molecular weight is 241 g/mol. The Morgan fingerprint density at radius 3 is 3.06 bits per heavy atom. The summed E-state index contributed by atoms with van der Waals surface area (Å²) in [7, 11) is 0. The van der Waals surface area contributed by atoms with E-state index in [1.807, 2.05) is 0 Å². The Labute approximate surface area is 100 Å². The van der Waals surface area contributed by atoms with Gasteiger partial charge in [-0.15, -0.1) is 0 Å². The van der Waals surface area contributed by atoms with Crippen molar-refractivity contribution in [2.45, 2.75) is 45.1 Å². The lowest BCUT2D eigenvalue weighted by Crippen LogP contribution is -2.24. The molecule has 0 spiro atoms. The monoisotopic (exact) mass is 241 g/mol. The molecule has 2 N–H and O–H groups in total. The van der Waals surface area contributed by atoms with Gasteiger partial charge in [0.15, 0.2) is 0 Å². The molecule has 1 fully saturated rings. The number of hydrogen-bond donors (Lipinski definition) is 2. The van der Waals surface area contributed by atoms with Gasteiger partial charge in [0.05, 0.1) is 6.10 Å². The standard InChI is InChI=1S/C11H19N3OS/c1-2-10-13-11(16-14-10)12-7-8-4-3-5-9(15)6-8/h8-9,15H,2-7H2,1H3,(H,12,13,14). The van der Waals surface area contributed by atoms with Gasteiger partial charge in [-0.25, -0.2) is 4.98 Å². The molecule has 2 atom stereocenters. The summed E-state index contributed by atoms with van der Waals surface area (Å²) < 4.78 is 4.23. The van der Waals surface area contributed by atoms with Crippen molar-refractivity contribution in [1.29, 1.82) is 0 Å². The third kappa shape index (κ3) is 3.15. The minimum Gasteiger partial charge on any atom is -0.393 e. The van der Waals surface area contributed by atoms with Crippen LogP contribution in [0.4, 0.5) is 5.13 Å². The highest BCUT2D eigenvalue weighted by molar-refractivity contribution is 7.09. The van der Waals surface area contributed by atoms with Crippen LogP contribution in [0, 0.1) is 5.92 Å². The lowest BCUT2D eigenvalue weighted by molar-refractivity contribution is 0.105. The Morgan fingerprint density at radius 1 is 1.50 bits per heavy atom. The number of aromatic nitrogens is 2. The first kappa shape index (κ1) is 11.8. The molecular formula is C11H19N3OS. The molecule has 0 aliphatic heterocycles. The fourth-order valence-corrected chi connectivity index (χ4v) is 2.80. The van der Waals surface area contributed by atoms with Crippen LogP contribution in [0.3, 0.4) is 0 Å². The van der Waals surface area contributed by atoms with Crippen molar-refractivity contribution in [2.24, 2.45) is 5.92 Å². The van der Waals surface area contributed by atoms with Gasteiger partial charge >= 0.3 is 0 Å². The molecule has 90 valence electrons. The molecule has 0 bridgehead atoms. The molecule has 4 nitrogen and oxygen atoms in total. The number of hydrogen-bond acceptors (Lipinski definition) is 5. The van der Waals surface area contributed by atoms with E-state index in [0.717, 1.165) is 43.2 Å². The van der Waals surface area contributed by atoms with Crippen molar-refractivity contribution in [3.8, 4) is 0 Å². The Bertz CT molecular complexity index is 329. The summed E-state index contributed by atoms with van der Waals surface area (Å²) in [4.78, 5) is 4.37. The first-order valence-corrected chi connectivity index (χ1v) is 6.79. The van der Waals surface area contributed by atoms with E-state index in [2.05, 4.69) is 21.6 Å². The van der Waals surface area contributed by atoms with Crippen LogP contribution in [-0.4, -0.2) is 27.1 Å². The highest BCUT2D eigenvalue weighted by atomic mass is 32.1. The number of anilines is 1. The molecule has 2 unspecified atom stereocenters. The number of aliphatic hydroxyl groups excluding tert-OH is 1. The molecule has 1 saturated carbocycles. The second-order valence-electron chi connectivity index (χ2n) is 4.44. The molecule has 16 heavy (non-hydrogen) atoms. The zero-order valence-electron chi connectivity index (χ0n) is 9.65. The Hall–Kier alpha value is -0.680. The molecule has 1 heterocycles. The summed E-state index contributed by atoms with van der Waals surface area (Å²) in [6.45, 7) is 2.97. The van der Waals surface area contributed by atoms with E-state index in [1.165, 1.54) is 18.0 Å². The molecule has 0 aromatic carbocycles. The van der Waals surface area contributed by atoms with Crippen LogP contribution >= 0.6 is 11.5 Å². The summed E-state index contributed by atoms with van der Waals surface area (Å²) in [5.74, 6) is 1.49. The van der Waals surface area contributed by atoms with Crippen LogP contribution in [-0.2, 0) is 6.42 Å². The van der Waals surface area contributed by atoms with E-state index in [-0.39, 0.29) is 6.10 Å². The third-order valence-corrected chi connectivity index (χ3v) is 3.79. The predicted octanol–water partition coefficient (Wildman–Crippen LogP) is 2.06.